The first-order valence-corrected chi connectivity index (χ1v) is 11.6. The minimum absolute atomic E-state index is 0.255. The first-order valence-electron chi connectivity index (χ1n) is 11.6. The maximum absolute atomic E-state index is 12.8. The lowest BCUT2D eigenvalue weighted by atomic mass is 9.88. The van der Waals surface area contributed by atoms with E-state index in [-0.39, 0.29) is 12.0 Å². The molecule has 3 rings (SSSR count). The summed E-state index contributed by atoms with van der Waals surface area (Å²) < 4.78 is 0. The van der Waals surface area contributed by atoms with Crippen molar-refractivity contribution in [3.63, 3.8) is 0 Å². The van der Waals surface area contributed by atoms with E-state index in [0.717, 1.165) is 50.5 Å². The molecule has 3 N–H and O–H groups in total. The molecule has 2 atom stereocenters. The molecule has 166 valence electrons. The van der Waals surface area contributed by atoms with Gasteiger partial charge >= 0.3 is 0 Å². The van der Waals surface area contributed by atoms with Gasteiger partial charge in [0.25, 0.3) is 0 Å². The van der Waals surface area contributed by atoms with E-state index in [0.29, 0.717) is 17.9 Å². The fourth-order valence-corrected chi connectivity index (χ4v) is 4.48. The number of nitrogens with one attached hydrogen (secondary N) is 3. The number of guanidine groups is 1. The van der Waals surface area contributed by atoms with Gasteiger partial charge in [-0.05, 0) is 37.3 Å². The molecule has 1 heterocycles. The summed E-state index contributed by atoms with van der Waals surface area (Å²) in [5, 5.41) is 10.6. The summed E-state index contributed by atoms with van der Waals surface area (Å²) >= 11 is 0. The number of carbonyl (C=O) groups is 1. The molecule has 1 aromatic carbocycles. The minimum atomic E-state index is 0.255. The number of aliphatic imine (C=N–C) groups is 1. The van der Waals surface area contributed by atoms with E-state index in [1.165, 1.54) is 19.3 Å². The maximum atomic E-state index is 12.8. The third-order valence-corrected chi connectivity index (χ3v) is 6.44. The van der Waals surface area contributed by atoms with Crippen LogP contribution in [0.15, 0.2) is 35.3 Å². The van der Waals surface area contributed by atoms with Crippen LogP contribution in [0.1, 0.15) is 52.4 Å². The van der Waals surface area contributed by atoms with E-state index in [1.54, 1.807) is 0 Å². The zero-order chi connectivity index (χ0) is 21.3. The summed E-state index contributed by atoms with van der Waals surface area (Å²) in [7, 11) is 1.81. The van der Waals surface area contributed by atoms with Gasteiger partial charge < -0.3 is 20.9 Å². The number of anilines is 1. The SMILES string of the molecule is CN=C(NCC(Nc1ccccc1)C(C)C)NC1CCN(C(=O)C2CCCCC2)C1. The van der Waals surface area contributed by atoms with Gasteiger partial charge in [0.1, 0.15) is 0 Å². The van der Waals surface area contributed by atoms with Gasteiger partial charge in [0.2, 0.25) is 5.91 Å². The second-order valence-electron chi connectivity index (χ2n) is 9.06. The van der Waals surface area contributed by atoms with Gasteiger partial charge in [-0.25, -0.2) is 0 Å². The second kappa shape index (κ2) is 11.2. The van der Waals surface area contributed by atoms with Gasteiger partial charge in [-0.3, -0.25) is 9.79 Å². The van der Waals surface area contributed by atoms with Crippen LogP contribution in [0.25, 0.3) is 0 Å². The van der Waals surface area contributed by atoms with Crippen molar-refractivity contribution in [2.45, 2.75) is 64.5 Å². The Morgan fingerprint density at radius 1 is 1.13 bits per heavy atom. The minimum Gasteiger partial charge on any atom is -0.380 e. The number of nitrogens with zero attached hydrogens (tertiary/aromatic N) is 2. The van der Waals surface area contributed by atoms with Gasteiger partial charge in [-0.1, -0.05) is 51.3 Å². The summed E-state index contributed by atoms with van der Waals surface area (Å²) in [6.45, 7) is 6.87. The number of likely N-dealkylation sites (tertiary alicyclic amines) is 1. The van der Waals surface area contributed by atoms with E-state index in [4.69, 9.17) is 0 Å². The number of para-hydroxylation sites is 1. The monoisotopic (exact) mass is 413 g/mol. The average Bonchev–Trinajstić information content (AvgIpc) is 3.24. The lowest BCUT2D eigenvalue weighted by Gasteiger charge is -2.27. The number of amides is 1. The second-order valence-corrected chi connectivity index (χ2v) is 9.06. The van der Waals surface area contributed by atoms with Gasteiger partial charge in [0, 0.05) is 50.4 Å². The van der Waals surface area contributed by atoms with Crippen molar-refractivity contribution in [3.8, 4) is 0 Å². The first-order chi connectivity index (χ1) is 14.6. The van der Waals surface area contributed by atoms with Crippen LogP contribution in [0.3, 0.4) is 0 Å². The highest BCUT2D eigenvalue weighted by atomic mass is 16.2. The maximum Gasteiger partial charge on any atom is 0.225 e. The lowest BCUT2D eigenvalue weighted by Crippen LogP contribution is -2.49. The smallest absolute Gasteiger partial charge is 0.225 e. The molecule has 2 aliphatic rings. The van der Waals surface area contributed by atoms with Crippen molar-refractivity contribution in [2.75, 3.05) is 32.0 Å². The van der Waals surface area contributed by atoms with Crippen molar-refractivity contribution in [1.82, 2.24) is 15.5 Å². The molecule has 30 heavy (non-hydrogen) atoms. The van der Waals surface area contributed by atoms with Crippen LogP contribution >= 0.6 is 0 Å². The quantitative estimate of drug-likeness (QED) is 0.473. The van der Waals surface area contributed by atoms with Crippen LogP contribution in [0.4, 0.5) is 5.69 Å². The Hall–Kier alpha value is -2.24. The summed E-state index contributed by atoms with van der Waals surface area (Å²) in [6.07, 6.45) is 6.82. The van der Waals surface area contributed by atoms with Gasteiger partial charge in [-0.15, -0.1) is 0 Å². The highest BCUT2D eigenvalue weighted by Crippen LogP contribution is 2.26. The molecule has 2 unspecified atom stereocenters. The van der Waals surface area contributed by atoms with Crippen molar-refractivity contribution in [1.29, 1.82) is 0 Å². The molecule has 1 amide bonds. The first kappa shape index (κ1) is 22.4. The molecule has 2 fully saturated rings. The Bertz CT molecular complexity index is 684. The van der Waals surface area contributed by atoms with Crippen LogP contribution in [0, 0.1) is 11.8 Å². The van der Waals surface area contributed by atoms with Crippen molar-refractivity contribution >= 4 is 17.6 Å². The Kier molecular flexibility index (Phi) is 8.40. The molecule has 1 saturated heterocycles. The normalized spacial score (nSPS) is 21.5. The molecule has 1 aromatic rings. The Labute approximate surface area is 181 Å². The summed E-state index contributed by atoms with van der Waals surface area (Å²) in [6, 6.07) is 10.9. The molecular formula is C24H39N5O. The Morgan fingerprint density at radius 3 is 2.53 bits per heavy atom. The molecule has 0 aromatic heterocycles. The molecule has 1 saturated carbocycles. The van der Waals surface area contributed by atoms with E-state index in [1.807, 2.05) is 25.2 Å². The Morgan fingerprint density at radius 2 is 1.87 bits per heavy atom. The van der Waals surface area contributed by atoms with Crippen LogP contribution in [-0.4, -0.2) is 55.5 Å². The standard InChI is InChI=1S/C24H39N5O/c1-18(2)22(27-20-12-8-5-9-13-20)16-26-24(25-3)28-21-14-15-29(17-21)23(30)19-10-6-4-7-11-19/h5,8-9,12-13,18-19,21-22,27H,4,6-7,10-11,14-17H2,1-3H3,(H2,25,26,28). The molecule has 0 bridgehead atoms. The average molecular weight is 414 g/mol. The zero-order valence-electron chi connectivity index (χ0n) is 18.9. The van der Waals surface area contributed by atoms with Crippen LogP contribution in [0.5, 0.6) is 0 Å². The van der Waals surface area contributed by atoms with Gasteiger partial charge in [-0.2, -0.15) is 0 Å². The summed E-state index contributed by atoms with van der Waals surface area (Å²) in [5.41, 5.74) is 1.13. The van der Waals surface area contributed by atoms with Crippen molar-refractivity contribution in [2.24, 2.45) is 16.8 Å². The van der Waals surface area contributed by atoms with Crippen molar-refractivity contribution in [3.05, 3.63) is 30.3 Å². The zero-order valence-corrected chi connectivity index (χ0v) is 18.9. The number of hydrogen-bond acceptors (Lipinski definition) is 3. The number of carbonyl (C=O) groups excluding carboxylic acids is 1. The van der Waals surface area contributed by atoms with E-state index < -0.39 is 0 Å². The highest BCUT2D eigenvalue weighted by Gasteiger charge is 2.31. The number of hydrogen-bond donors (Lipinski definition) is 3. The largest absolute Gasteiger partial charge is 0.380 e. The van der Waals surface area contributed by atoms with Gasteiger partial charge in [0.15, 0.2) is 5.96 Å². The molecule has 0 spiro atoms. The predicted octanol–water partition coefficient (Wildman–Crippen LogP) is 3.47. The summed E-state index contributed by atoms with van der Waals surface area (Å²) in [5.74, 6) is 1.91. The van der Waals surface area contributed by atoms with E-state index in [2.05, 4.69) is 51.8 Å². The predicted molar refractivity (Wildman–Crippen MR) is 125 cm³/mol. The Balaban J connectivity index is 1.46. The third-order valence-electron chi connectivity index (χ3n) is 6.44. The molecule has 1 aliphatic heterocycles. The molecular weight excluding hydrogens is 374 g/mol. The third kappa shape index (κ3) is 6.38. The van der Waals surface area contributed by atoms with E-state index >= 15 is 0 Å². The van der Waals surface area contributed by atoms with E-state index in [9.17, 15) is 4.79 Å². The molecule has 1 aliphatic carbocycles. The molecule has 6 heteroatoms. The van der Waals surface area contributed by atoms with Crippen LogP contribution in [0.2, 0.25) is 0 Å². The topological polar surface area (TPSA) is 68.8 Å². The highest BCUT2D eigenvalue weighted by molar-refractivity contribution is 5.81. The number of benzene rings is 1. The van der Waals surface area contributed by atoms with Crippen LogP contribution in [-0.2, 0) is 4.79 Å². The van der Waals surface area contributed by atoms with Gasteiger partial charge in [0.05, 0.1) is 0 Å². The fourth-order valence-electron chi connectivity index (χ4n) is 4.48. The summed E-state index contributed by atoms with van der Waals surface area (Å²) in [4.78, 5) is 19.3. The fraction of sp³-hybridized carbons (Fsp3) is 0.667. The molecule has 6 nitrogen and oxygen atoms in total. The number of rotatable bonds is 7. The van der Waals surface area contributed by atoms with Crippen LogP contribution < -0.4 is 16.0 Å². The molecule has 0 radical (unpaired) electrons. The lowest BCUT2D eigenvalue weighted by molar-refractivity contribution is -0.135. The van der Waals surface area contributed by atoms with Crippen molar-refractivity contribution < 1.29 is 4.79 Å².